The lowest BCUT2D eigenvalue weighted by Crippen LogP contribution is -2.27. The molecule has 2 bridgehead atoms. The molecule has 0 N–H and O–H groups in total. The van der Waals surface area contributed by atoms with E-state index in [4.69, 9.17) is 21.7 Å². The number of likely N-dealkylation sites (N-methyl/N-ethyl adjacent to an activating group) is 1. The van der Waals surface area contributed by atoms with Crippen LogP contribution in [0.3, 0.4) is 0 Å². The molecule has 0 aromatic heterocycles. The topological polar surface area (TPSA) is 21.7 Å². The van der Waals surface area contributed by atoms with Crippen molar-refractivity contribution in [3.8, 4) is 0 Å². The van der Waals surface area contributed by atoms with E-state index < -0.39 is 0 Å². The minimum atomic E-state index is 0.114. The number of ether oxygens (including phenoxy) is 2. The molecule has 2 unspecified atom stereocenters. The Morgan fingerprint density at radius 2 is 2.00 bits per heavy atom. The fraction of sp³-hybridized carbons (Fsp3) is 0.786. The minimum Gasteiger partial charge on any atom is -0.460 e. The number of hydrogen-bond donors (Lipinski definition) is 0. The molecular weight excluding hydrogens is 246 g/mol. The quantitative estimate of drug-likeness (QED) is 0.539. The molecule has 0 fully saturated rings. The molecule has 18 heavy (non-hydrogen) atoms. The SMILES string of the molecule is COC(=S)OC1CCCCCCC2C=C1CN2C. The third-order valence-electron chi connectivity index (χ3n) is 3.94. The molecule has 4 heteroatoms. The molecule has 1 aliphatic heterocycles. The smallest absolute Gasteiger partial charge is 0.352 e. The van der Waals surface area contributed by atoms with Gasteiger partial charge in [0.2, 0.25) is 0 Å². The summed E-state index contributed by atoms with van der Waals surface area (Å²) < 4.78 is 10.7. The van der Waals surface area contributed by atoms with Crippen LogP contribution in [0.25, 0.3) is 0 Å². The van der Waals surface area contributed by atoms with Crippen LogP contribution < -0.4 is 0 Å². The number of thiocarbonyl (C=S) groups is 1. The number of nitrogens with zero attached hydrogens (tertiary/aromatic N) is 1. The van der Waals surface area contributed by atoms with Gasteiger partial charge in [-0.25, -0.2) is 0 Å². The van der Waals surface area contributed by atoms with Crippen LogP contribution in [0, 0.1) is 0 Å². The van der Waals surface area contributed by atoms with Gasteiger partial charge in [0.15, 0.2) is 0 Å². The molecule has 1 aliphatic carbocycles. The first-order chi connectivity index (χ1) is 8.70. The molecule has 102 valence electrons. The van der Waals surface area contributed by atoms with Gasteiger partial charge in [-0.15, -0.1) is 0 Å². The van der Waals surface area contributed by atoms with E-state index in [-0.39, 0.29) is 11.3 Å². The van der Waals surface area contributed by atoms with E-state index in [0.717, 1.165) is 13.0 Å². The maximum atomic E-state index is 5.77. The van der Waals surface area contributed by atoms with Gasteiger partial charge < -0.3 is 9.47 Å². The Hall–Kier alpha value is -0.610. The van der Waals surface area contributed by atoms with Crippen molar-refractivity contribution in [1.82, 2.24) is 4.90 Å². The Morgan fingerprint density at radius 1 is 1.28 bits per heavy atom. The van der Waals surface area contributed by atoms with Crippen molar-refractivity contribution in [1.29, 1.82) is 0 Å². The minimum absolute atomic E-state index is 0.114. The molecule has 0 spiro atoms. The number of hydrogen-bond acceptors (Lipinski definition) is 4. The van der Waals surface area contributed by atoms with E-state index in [9.17, 15) is 0 Å². The summed E-state index contributed by atoms with van der Waals surface area (Å²) in [6.07, 6.45) is 9.98. The van der Waals surface area contributed by atoms with Gasteiger partial charge in [-0.2, -0.15) is 0 Å². The van der Waals surface area contributed by atoms with Gasteiger partial charge in [-0.05, 0) is 31.9 Å². The van der Waals surface area contributed by atoms with Crippen molar-refractivity contribution in [2.24, 2.45) is 0 Å². The molecule has 0 aromatic carbocycles. The van der Waals surface area contributed by atoms with Gasteiger partial charge in [0.05, 0.1) is 7.11 Å². The summed E-state index contributed by atoms with van der Waals surface area (Å²) >= 11 is 5.03. The summed E-state index contributed by atoms with van der Waals surface area (Å²) in [6.45, 7) is 1.00. The Kier molecular flexibility index (Phi) is 5.01. The van der Waals surface area contributed by atoms with E-state index in [0.29, 0.717) is 6.04 Å². The average Bonchev–Trinajstić information content (AvgIpc) is 2.72. The lowest BCUT2D eigenvalue weighted by molar-refractivity contribution is 0.147. The normalized spacial score (nSPS) is 29.6. The molecule has 0 radical (unpaired) electrons. The Balaban J connectivity index is 2.07. The van der Waals surface area contributed by atoms with Gasteiger partial charge in [0, 0.05) is 24.8 Å². The summed E-state index contributed by atoms with van der Waals surface area (Å²) in [6, 6.07) is 0.584. The zero-order valence-electron chi connectivity index (χ0n) is 11.4. The number of methoxy groups -OCH3 is 1. The van der Waals surface area contributed by atoms with Crippen LogP contribution in [0.4, 0.5) is 0 Å². The maximum absolute atomic E-state index is 5.77. The second-order valence-corrected chi connectivity index (χ2v) is 5.61. The molecular formula is C14H23NO2S. The summed E-state index contributed by atoms with van der Waals surface area (Å²) in [5.41, 5.74) is 1.38. The summed E-state index contributed by atoms with van der Waals surface area (Å²) in [5.74, 6) is 0. The highest BCUT2D eigenvalue weighted by atomic mass is 32.1. The van der Waals surface area contributed by atoms with Crippen LogP contribution in [0.1, 0.15) is 38.5 Å². The van der Waals surface area contributed by atoms with Crippen LogP contribution >= 0.6 is 12.2 Å². The lowest BCUT2D eigenvalue weighted by atomic mass is 9.99. The predicted molar refractivity (Wildman–Crippen MR) is 76.7 cm³/mol. The first-order valence-corrected chi connectivity index (χ1v) is 7.27. The molecule has 0 amide bonds. The first-order valence-electron chi connectivity index (χ1n) is 6.86. The molecule has 2 aliphatic rings. The van der Waals surface area contributed by atoms with Crippen molar-refractivity contribution in [2.45, 2.75) is 50.7 Å². The fourth-order valence-corrected chi connectivity index (χ4v) is 2.98. The largest absolute Gasteiger partial charge is 0.460 e. The van der Waals surface area contributed by atoms with Crippen LogP contribution in [0.15, 0.2) is 11.6 Å². The number of rotatable bonds is 1. The third kappa shape index (κ3) is 3.45. The summed E-state index contributed by atoms with van der Waals surface area (Å²) in [5, 5.41) is 0.268. The monoisotopic (exact) mass is 269 g/mol. The zero-order chi connectivity index (χ0) is 13.0. The van der Waals surface area contributed by atoms with E-state index >= 15 is 0 Å². The van der Waals surface area contributed by atoms with Crippen molar-refractivity contribution >= 4 is 17.5 Å². The average molecular weight is 269 g/mol. The van der Waals surface area contributed by atoms with E-state index in [1.165, 1.54) is 37.7 Å². The molecule has 2 atom stereocenters. The fourth-order valence-electron chi connectivity index (χ4n) is 2.87. The first kappa shape index (κ1) is 13.8. The molecule has 0 saturated heterocycles. The van der Waals surface area contributed by atoms with Crippen molar-refractivity contribution in [2.75, 3.05) is 20.7 Å². The van der Waals surface area contributed by atoms with Crippen molar-refractivity contribution in [3.05, 3.63) is 11.6 Å². The Morgan fingerprint density at radius 3 is 2.72 bits per heavy atom. The molecule has 0 saturated carbocycles. The van der Waals surface area contributed by atoms with Crippen LogP contribution in [-0.2, 0) is 9.47 Å². The van der Waals surface area contributed by atoms with Crippen LogP contribution in [0.5, 0.6) is 0 Å². The molecule has 1 heterocycles. The third-order valence-corrected chi connectivity index (χ3v) is 4.20. The van der Waals surface area contributed by atoms with E-state index in [2.05, 4.69) is 18.0 Å². The van der Waals surface area contributed by atoms with Crippen LogP contribution in [-0.4, -0.2) is 43.0 Å². The highest BCUT2D eigenvalue weighted by molar-refractivity contribution is 7.79. The summed E-state index contributed by atoms with van der Waals surface area (Å²) in [7, 11) is 3.76. The highest BCUT2D eigenvalue weighted by Gasteiger charge is 2.28. The maximum Gasteiger partial charge on any atom is 0.352 e. The molecule has 0 aromatic rings. The van der Waals surface area contributed by atoms with Gasteiger partial charge in [-0.1, -0.05) is 25.3 Å². The second-order valence-electron chi connectivity index (χ2n) is 5.28. The molecule has 2 rings (SSSR count). The zero-order valence-corrected chi connectivity index (χ0v) is 12.2. The van der Waals surface area contributed by atoms with Crippen molar-refractivity contribution < 1.29 is 9.47 Å². The second kappa shape index (κ2) is 6.53. The van der Waals surface area contributed by atoms with Gasteiger partial charge >= 0.3 is 5.24 Å². The predicted octanol–water partition coefficient (Wildman–Crippen LogP) is 2.90. The van der Waals surface area contributed by atoms with Gasteiger partial charge in [0.1, 0.15) is 6.10 Å². The Bertz CT molecular complexity index is 330. The summed E-state index contributed by atoms with van der Waals surface area (Å²) in [4.78, 5) is 2.41. The van der Waals surface area contributed by atoms with Gasteiger partial charge in [0.25, 0.3) is 0 Å². The Labute approximate surface area is 115 Å². The van der Waals surface area contributed by atoms with E-state index in [1.807, 2.05) is 0 Å². The standard InChI is InChI=1S/C14H23NO2S/c1-15-10-11-9-12(15)7-5-3-4-6-8-13(11)17-14(18)16-2/h9,12-13H,3-8,10H2,1-2H3. The molecule has 3 nitrogen and oxygen atoms in total. The van der Waals surface area contributed by atoms with Gasteiger partial charge in [-0.3, -0.25) is 4.90 Å². The van der Waals surface area contributed by atoms with Crippen LogP contribution in [0.2, 0.25) is 0 Å². The van der Waals surface area contributed by atoms with E-state index in [1.54, 1.807) is 7.11 Å². The number of fused-ring (bicyclic) bond motifs is 1. The lowest BCUT2D eigenvalue weighted by Gasteiger charge is -2.20. The highest BCUT2D eigenvalue weighted by Crippen LogP contribution is 2.27. The van der Waals surface area contributed by atoms with Crippen molar-refractivity contribution in [3.63, 3.8) is 0 Å².